The van der Waals surface area contributed by atoms with Crippen molar-refractivity contribution in [1.29, 1.82) is 0 Å². The van der Waals surface area contributed by atoms with E-state index in [1.165, 1.54) is 0 Å². The maximum absolute atomic E-state index is 11.4. The van der Waals surface area contributed by atoms with Gasteiger partial charge in [-0.15, -0.1) is 0 Å². The highest BCUT2D eigenvalue weighted by Gasteiger charge is 2.13. The number of carboxylic acid groups (broad SMARTS) is 1. The molecule has 16 heavy (non-hydrogen) atoms. The zero-order valence-corrected chi connectivity index (χ0v) is 9.87. The van der Waals surface area contributed by atoms with Gasteiger partial charge in [0.1, 0.15) is 0 Å². The zero-order chi connectivity index (χ0) is 12.4. The van der Waals surface area contributed by atoms with E-state index in [4.69, 9.17) is 10.8 Å². The van der Waals surface area contributed by atoms with Crippen LogP contribution in [0.2, 0.25) is 0 Å². The second-order valence-corrected chi connectivity index (χ2v) is 3.87. The van der Waals surface area contributed by atoms with E-state index in [1.54, 1.807) is 0 Å². The van der Waals surface area contributed by atoms with Crippen molar-refractivity contribution in [3.05, 3.63) is 0 Å². The molecular weight excluding hydrogens is 208 g/mol. The molecule has 0 bridgehead atoms. The van der Waals surface area contributed by atoms with Gasteiger partial charge in [-0.3, -0.25) is 9.59 Å². The van der Waals surface area contributed by atoms with Crippen LogP contribution < -0.4 is 11.1 Å². The van der Waals surface area contributed by atoms with Crippen LogP contribution in [0.25, 0.3) is 0 Å². The van der Waals surface area contributed by atoms with Crippen molar-refractivity contribution in [2.75, 3.05) is 6.54 Å². The normalized spacial score (nSPS) is 12.1. The van der Waals surface area contributed by atoms with Crippen molar-refractivity contribution in [2.45, 2.75) is 51.5 Å². The Kier molecular flexibility index (Phi) is 8.52. The largest absolute Gasteiger partial charge is 0.481 e. The van der Waals surface area contributed by atoms with E-state index in [-0.39, 0.29) is 18.4 Å². The molecule has 0 radical (unpaired) electrons. The first kappa shape index (κ1) is 14.9. The maximum Gasteiger partial charge on any atom is 0.305 e. The van der Waals surface area contributed by atoms with E-state index in [9.17, 15) is 9.59 Å². The molecule has 94 valence electrons. The molecule has 0 aliphatic heterocycles. The van der Waals surface area contributed by atoms with Gasteiger partial charge in [0, 0.05) is 12.5 Å². The molecular formula is C11H22N2O3. The fourth-order valence-corrected chi connectivity index (χ4v) is 1.41. The Morgan fingerprint density at radius 3 is 2.50 bits per heavy atom. The van der Waals surface area contributed by atoms with Gasteiger partial charge >= 0.3 is 5.97 Å². The Balaban J connectivity index is 3.70. The molecule has 0 heterocycles. The third-order valence-electron chi connectivity index (χ3n) is 2.39. The van der Waals surface area contributed by atoms with Crippen LogP contribution in [0.3, 0.4) is 0 Å². The highest BCUT2D eigenvalue weighted by Crippen LogP contribution is 2.02. The number of hydrogen-bond donors (Lipinski definition) is 3. The standard InChI is InChI=1S/C11H22N2O3/c1-2-9(8-11(15)16)13-10(14)6-4-3-5-7-12/h9H,2-8,12H2,1H3,(H,13,14)(H,15,16). The molecule has 0 aliphatic rings. The fourth-order valence-electron chi connectivity index (χ4n) is 1.41. The van der Waals surface area contributed by atoms with E-state index in [0.29, 0.717) is 19.4 Å². The van der Waals surface area contributed by atoms with Crippen molar-refractivity contribution >= 4 is 11.9 Å². The number of aliphatic carboxylic acids is 1. The predicted molar refractivity (Wildman–Crippen MR) is 62.0 cm³/mol. The minimum Gasteiger partial charge on any atom is -0.481 e. The summed E-state index contributed by atoms with van der Waals surface area (Å²) in [6.45, 7) is 2.51. The topological polar surface area (TPSA) is 92.4 Å². The highest BCUT2D eigenvalue weighted by atomic mass is 16.4. The fraction of sp³-hybridized carbons (Fsp3) is 0.818. The van der Waals surface area contributed by atoms with Crippen LogP contribution in [0.15, 0.2) is 0 Å². The molecule has 0 aromatic rings. The molecule has 0 aromatic heterocycles. The van der Waals surface area contributed by atoms with Crippen LogP contribution in [0.1, 0.15) is 45.4 Å². The van der Waals surface area contributed by atoms with Crippen LogP contribution in [-0.2, 0) is 9.59 Å². The number of carbonyl (C=O) groups is 2. The van der Waals surface area contributed by atoms with E-state index in [2.05, 4.69) is 5.32 Å². The van der Waals surface area contributed by atoms with E-state index in [1.807, 2.05) is 6.92 Å². The van der Waals surface area contributed by atoms with Crippen LogP contribution >= 0.6 is 0 Å². The number of nitrogens with two attached hydrogens (primary N) is 1. The lowest BCUT2D eigenvalue weighted by molar-refractivity contribution is -0.137. The summed E-state index contributed by atoms with van der Waals surface area (Å²) in [7, 11) is 0. The van der Waals surface area contributed by atoms with E-state index >= 15 is 0 Å². The Hall–Kier alpha value is -1.10. The number of carbonyl (C=O) groups excluding carboxylic acids is 1. The predicted octanol–water partition coefficient (Wildman–Crippen LogP) is 0.875. The third-order valence-corrected chi connectivity index (χ3v) is 2.39. The van der Waals surface area contributed by atoms with Crippen molar-refractivity contribution in [2.24, 2.45) is 5.73 Å². The summed E-state index contributed by atoms with van der Waals surface area (Å²) >= 11 is 0. The third kappa shape index (κ3) is 8.23. The number of nitrogens with one attached hydrogen (secondary N) is 1. The number of amides is 1. The number of rotatable bonds is 9. The van der Waals surface area contributed by atoms with Gasteiger partial charge in [-0.25, -0.2) is 0 Å². The smallest absolute Gasteiger partial charge is 0.305 e. The van der Waals surface area contributed by atoms with Crippen LogP contribution in [0, 0.1) is 0 Å². The van der Waals surface area contributed by atoms with Gasteiger partial charge in [0.15, 0.2) is 0 Å². The van der Waals surface area contributed by atoms with Gasteiger partial charge in [-0.2, -0.15) is 0 Å². The maximum atomic E-state index is 11.4. The van der Waals surface area contributed by atoms with Gasteiger partial charge in [0.25, 0.3) is 0 Å². The Morgan fingerprint density at radius 2 is 2.00 bits per heavy atom. The van der Waals surface area contributed by atoms with Gasteiger partial charge in [0.05, 0.1) is 6.42 Å². The van der Waals surface area contributed by atoms with Gasteiger partial charge < -0.3 is 16.2 Å². The molecule has 5 heteroatoms. The minimum atomic E-state index is -0.879. The number of unbranched alkanes of at least 4 members (excludes halogenated alkanes) is 2. The average molecular weight is 230 g/mol. The molecule has 4 N–H and O–H groups in total. The Bertz CT molecular complexity index is 219. The van der Waals surface area contributed by atoms with Crippen LogP contribution in [-0.4, -0.2) is 29.6 Å². The summed E-state index contributed by atoms with van der Waals surface area (Å²) in [5.74, 6) is -0.944. The molecule has 1 atom stereocenters. The molecule has 1 unspecified atom stereocenters. The van der Waals surface area contributed by atoms with Gasteiger partial charge in [-0.05, 0) is 25.8 Å². The summed E-state index contributed by atoms with van der Waals surface area (Å²) in [5.41, 5.74) is 5.34. The molecule has 0 aliphatic carbocycles. The molecule has 5 nitrogen and oxygen atoms in total. The summed E-state index contributed by atoms with van der Waals surface area (Å²) < 4.78 is 0. The molecule has 0 spiro atoms. The van der Waals surface area contributed by atoms with Crippen LogP contribution in [0.4, 0.5) is 0 Å². The molecule has 1 amide bonds. The SMILES string of the molecule is CCC(CC(=O)O)NC(=O)CCCCCN. The molecule has 0 rings (SSSR count). The highest BCUT2D eigenvalue weighted by molar-refractivity contribution is 5.77. The lowest BCUT2D eigenvalue weighted by Crippen LogP contribution is -2.35. The Labute approximate surface area is 96.4 Å². The lowest BCUT2D eigenvalue weighted by atomic mass is 10.1. The quantitative estimate of drug-likeness (QED) is 0.512. The number of hydrogen-bond acceptors (Lipinski definition) is 3. The molecule has 0 saturated heterocycles. The second kappa shape index (κ2) is 9.15. The molecule has 0 aromatic carbocycles. The van der Waals surface area contributed by atoms with Crippen molar-refractivity contribution in [3.8, 4) is 0 Å². The summed E-state index contributed by atoms with van der Waals surface area (Å²) in [6.07, 6.45) is 3.77. The van der Waals surface area contributed by atoms with Crippen LogP contribution in [0.5, 0.6) is 0 Å². The van der Waals surface area contributed by atoms with Gasteiger partial charge in [0.2, 0.25) is 5.91 Å². The van der Waals surface area contributed by atoms with Crippen molar-refractivity contribution in [1.82, 2.24) is 5.32 Å². The first-order chi connectivity index (χ1) is 7.60. The van der Waals surface area contributed by atoms with Crippen molar-refractivity contribution < 1.29 is 14.7 Å². The summed E-state index contributed by atoms with van der Waals surface area (Å²) in [5, 5.41) is 11.3. The second-order valence-electron chi connectivity index (χ2n) is 3.87. The summed E-state index contributed by atoms with van der Waals surface area (Å²) in [6, 6.07) is -0.250. The molecule has 0 saturated carbocycles. The summed E-state index contributed by atoms with van der Waals surface area (Å²) in [4.78, 5) is 21.9. The molecule has 0 fully saturated rings. The van der Waals surface area contributed by atoms with Crippen molar-refractivity contribution in [3.63, 3.8) is 0 Å². The lowest BCUT2D eigenvalue weighted by Gasteiger charge is -2.14. The first-order valence-corrected chi connectivity index (χ1v) is 5.81. The number of carboxylic acids is 1. The first-order valence-electron chi connectivity index (χ1n) is 5.81. The van der Waals surface area contributed by atoms with Gasteiger partial charge in [-0.1, -0.05) is 13.3 Å². The zero-order valence-electron chi connectivity index (χ0n) is 9.87. The Morgan fingerprint density at radius 1 is 1.31 bits per heavy atom. The minimum absolute atomic E-state index is 0.00889. The average Bonchev–Trinajstić information content (AvgIpc) is 2.23. The van der Waals surface area contributed by atoms with E-state index < -0.39 is 5.97 Å². The monoisotopic (exact) mass is 230 g/mol. The van der Waals surface area contributed by atoms with E-state index in [0.717, 1.165) is 19.3 Å².